The second-order valence-corrected chi connectivity index (χ2v) is 4.00. The Morgan fingerprint density at radius 3 is 1.79 bits per heavy atom. The van der Waals surface area contributed by atoms with Crippen LogP contribution in [0.4, 0.5) is 4.39 Å². The Balaban J connectivity index is 1.64. The molecule has 2 rings (SSSR count). The number of hydrogen-bond acceptors (Lipinski definition) is 3. The Labute approximate surface area is 111 Å². The summed E-state index contributed by atoms with van der Waals surface area (Å²) in [7, 11) is 0. The summed E-state index contributed by atoms with van der Waals surface area (Å²) >= 11 is 0. The summed E-state index contributed by atoms with van der Waals surface area (Å²) < 4.78 is 23.6. The van der Waals surface area contributed by atoms with E-state index in [1.807, 2.05) is 0 Å². The molecule has 0 unspecified atom stereocenters. The average Bonchev–Trinajstić information content (AvgIpc) is 2.43. The highest BCUT2D eigenvalue weighted by molar-refractivity contribution is 5.30. The van der Waals surface area contributed by atoms with Gasteiger partial charge in [-0.15, -0.1) is 0 Å². The zero-order valence-electron chi connectivity index (χ0n) is 10.4. The summed E-state index contributed by atoms with van der Waals surface area (Å²) in [6.07, 6.45) is 0.720. The molecule has 4 heteroatoms. The Hall–Kier alpha value is -2.23. The van der Waals surface area contributed by atoms with Crippen molar-refractivity contribution in [2.75, 3.05) is 13.2 Å². The van der Waals surface area contributed by atoms with E-state index in [1.165, 1.54) is 12.1 Å². The maximum atomic E-state index is 12.7. The highest BCUT2D eigenvalue weighted by atomic mass is 19.1. The molecule has 0 aliphatic rings. The number of ether oxygens (including phenoxy) is 2. The largest absolute Gasteiger partial charge is 0.508 e. The van der Waals surface area contributed by atoms with Crippen molar-refractivity contribution < 1.29 is 19.0 Å². The fourth-order valence-electron chi connectivity index (χ4n) is 1.51. The third kappa shape index (κ3) is 4.50. The normalized spacial score (nSPS) is 10.2. The van der Waals surface area contributed by atoms with E-state index in [2.05, 4.69) is 0 Å². The zero-order chi connectivity index (χ0) is 13.5. The predicted molar refractivity (Wildman–Crippen MR) is 70.1 cm³/mol. The van der Waals surface area contributed by atoms with Crippen molar-refractivity contribution in [3.05, 3.63) is 54.3 Å². The third-order valence-electron chi connectivity index (χ3n) is 2.48. The van der Waals surface area contributed by atoms with Crippen LogP contribution in [0.1, 0.15) is 6.42 Å². The highest BCUT2D eigenvalue weighted by Crippen LogP contribution is 2.16. The molecular weight excluding hydrogens is 247 g/mol. The van der Waals surface area contributed by atoms with Gasteiger partial charge in [0, 0.05) is 6.42 Å². The topological polar surface area (TPSA) is 38.7 Å². The first kappa shape index (κ1) is 13.2. The molecule has 19 heavy (non-hydrogen) atoms. The van der Waals surface area contributed by atoms with Gasteiger partial charge in [-0.05, 0) is 48.5 Å². The van der Waals surface area contributed by atoms with E-state index >= 15 is 0 Å². The molecule has 0 saturated heterocycles. The summed E-state index contributed by atoms with van der Waals surface area (Å²) in [5.41, 5.74) is 0. The summed E-state index contributed by atoms with van der Waals surface area (Å²) in [6, 6.07) is 12.5. The van der Waals surface area contributed by atoms with Crippen LogP contribution in [-0.4, -0.2) is 18.3 Å². The fraction of sp³-hybridized carbons (Fsp3) is 0.200. The standard InChI is InChI=1S/C15H15FO3/c16-12-2-6-14(7-3-12)18-10-1-11-19-15-8-4-13(17)5-9-15/h2-9,17H,1,10-11H2. The average molecular weight is 262 g/mol. The van der Waals surface area contributed by atoms with E-state index in [-0.39, 0.29) is 11.6 Å². The molecule has 0 atom stereocenters. The summed E-state index contributed by atoms with van der Waals surface area (Å²) in [5, 5.41) is 9.11. The van der Waals surface area contributed by atoms with E-state index < -0.39 is 0 Å². The van der Waals surface area contributed by atoms with Gasteiger partial charge >= 0.3 is 0 Å². The van der Waals surface area contributed by atoms with Crippen molar-refractivity contribution in [3.63, 3.8) is 0 Å². The first-order valence-corrected chi connectivity index (χ1v) is 6.04. The molecule has 0 aliphatic heterocycles. The lowest BCUT2D eigenvalue weighted by Gasteiger charge is -2.08. The first-order chi connectivity index (χ1) is 9.24. The van der Waals surface area contributed by atoms with Crippen LogP contribution in [0.15, 0.2) is 48.5 Å². The van der Waals surface area contributed by atoms with Crippen LogP contribution in [0.3, 0.4) is 0 Å². The molecule has 2 aromatic rings. The number of benzene rings is 2. The summed E-state index contributed by atoms with van der Waals surface area (Å²) in [4.78, 5) is 0. The van der Waals surface area contributed by atoms with Gasteiger partial charge in [0.2, 0.25) is 0 Å². The zero-order valence-corrected chi connectivity index (χ0v) is 10.4. The van der Waals surface area contributed by atoms with Gasteiger partial charge in [0.1, 0.15) is 23.1 Å². The Morgan fingerprint density at radius 1 is 0.789 bits per heavy atom. The molecular formula is C15H15FO3. The van der Waals surface area contributed by atoms with Gasteiger partial charge in [-0.3, -0.25) is 0 Å². The molecule has 0 spiro atoms. The van der Waals surface area contributed by atoms with Gasteiger partial charge in [0.25, 0.3) is 0 Å². The van der Waals surface area contributed by atoms with Crippen molar-refractivity contribution >= 4 is 0 Å². The monoisotopic (exact) mass is 262 g/mol. The summed E-state index contributed by atoms with van der Waals surface area (Å²) in [6.45, 7) is 1.02. The number of hydrogen-bond donors (Lipinski definition) is 1. The minimum absolute atomic E-state index is 0.215. The van der Waals surface area contributed by atoms with E-state index in [1.54, 1.807) is 36.4 Å². The van der Waals surface area contributed by atoms with E-state index in [0.717, 1.165) is 6.42 Å². The maximum absolute atomic E-state index is 12.7. The lowest BCUT2D eigenvalue weighted by Crippen LogP contribution is -2.04. The number of phenolic OH excluding ortho intramolecular Hbond substituents is 1. The lowest BCUT2D eigenvalue weighted by atomic mass is 10.3. The van der Waals surface area contributed by atoms with Crippen LogP contribution in [0.2, 0.25) is 0 Å². The Bertz CT molecular complexity index is 446. The Kier molecular flexibility index (Phi) is 4.61. The molecule has 0 amide bonds. The minimum atomic E-state index is -0.275. The molecule has 100 valence electrons. The maximum Gasteiger partial charge on any atom is 0.123 e. The first-order valence-electron chi connectivity index (χ1n) is 6.04. The van der Waals surface area contributed by atoms with Gasteiger partial charge in [-0.25, -0.2) is 4.39 Å². The Morgan fingerprint density at radius 2 is 1.26 bits per heavy atom. The van der Waals surface area contributed by atoms with Crippen LogP contribution < -0.4 is 9.47 Å². The second-order valence-electron chi connectivity index (χ2n) is 4.00. The number of rotatable bonds is 6. The molecule has 0 heterocycles. The molecule has 0 radical (unpaired) electrons. The lowest BCUT2D eigenvalue weighted by molar-refractivity contribution is 0.247. The van der Waals surface area contributed by atoms with Gasteiger partial charge in [0.15, 0.2) is 0 Å². The van der Waals surface area contributed by atoms with Crippen LogP contribution in [-0.2, 0) is 0 Å². The van der Waals surface area contributed by atoms with Crippen molar-refractivity contribution in [3.8, 4) is 17.2 Å². The van der Waals surface area contributed by atoms with Crippen LogP contribution in [0.5, 0.6) is 17.2 Å². The van der Waals surface area contributed by atoms with Gasteiger partial charge in [-0.1, -0.05) is 0 Å². The molecule has 0 bridgehead atoms. The van der Waals surface area contributed by atoms with Crippen molar-refractivity contribution in [2.45, 2.75) is 6.42 Å². The highest BCUT2D eigenvalue weighted by Gasteiger charge is 1.96. The van der Waals surface area contributed by atoms with Gasteiger partial charge in [-0.2, -0.15) is 0 Å². The fourth-order valence-corrected chi connectivity index (χ4v) is 1.51. The third-order valence-corrected chi connectivity index (χ3v) is 2.48. The van der Waals surface area contributed by atoms with Crippen molar-refractivity contribution in [2.24, 2.45) is 0 Å². The molecule has 0 aromatic heterocycles. The predicted octanol–water partition coefficient (Wildman–Crippen LogP) is 3.38. The molecule has 0 fully saturated rings. The number of phenols is 1. The number of halogens is 1. The number of aromatic hydroxyl groups is 1. The molecule has 0 saturated carbocycles. The second kappa shape index (κ2) is 6.64. The van der Waals surface area contributed by atoms with Crippen LogP contribution in [0, 0.1) is 5.82 Å². The SMILES string of the molecule is Oc1ccc(OCCCOc2ccc(F)cc2)cc1. The summed E-state index contributed by atoms with van der Waals surface area (Å²) in [5.74, 6) is 1.29. The molecule has 1 N–H and O–H groups in total. The smallest absolute Gasteiger partial charge is 0.123 e. The van der Waals surface area contributed by atoms with E-state index in [9.17, 15) is 4.39 Å². The van der Waals surface area contributed by atoms with Crippen molar-refractivity contribution in [1.82, 2.24) is 0 Å². The molecule has 2 aromatic carbocycles. The quantitative estimate of drug-likeness (QED) is 0.811. The van der Waals surface area contributed by atoms with Crippen molar-refractivity contribution in [1.29, 1.82) is 0 Å². The van der Waals surface area contributed by atoms with Crippen LogP contribution in [0.25, 0.3) is 0 Å². The molecule has 0 aliphatic carbocycles. The van der Waals surface area contributed by atoms with Gasteiger partial charge in [0.05, 0.1) is 13.2 Å². The molecule has 3 nitrogen and oxygen atoms in total. The minimum Gasteiger partial charge on any atom is -0.508 e. The van der Waals surface area contributed by atoms with E-state index in [0.29, 0.717) is 24.7 Å². The van der Waals surface area contributed by atoms with Crippen LogP contribution >= 0.6 is 0 Å². The van der Waals surface area contributed by atoms with E-state index in [4.69, 9.17) is 14.6 Å². The van der Waals surface area contributed by atoms with Gasteiger partial charge < -0.3 is 14.6 Å².